The van der Waals surface area contributed by atoms with Gasteiger partial charge in [-0.2, -0.15) is 0 Å². The lowest BCUT2D eigenvalue weighted by Gasteiger charge is -2.19. The molecule has 3 nitrogen and oxygen atoms in total. The lowest BCUT2D eigenvalue weighted by molar-refractivity contribution is -0.139. The average Bonchev–Trinajstić information content (AvgIpc) is 2.23. The summed E-state index contributed by atoms with van der Waals surface area (Å²) in [5, 5.41) is 11.8. The lowest BCUT2D eigenvalue weighted by atomic mass is 10.1. The summed E-state index contributed by atoms with van der Waals surface area (Å²) in [5.74, 6) is -2.72. The predicted molar refractivity (Wildman–Crippen MR) is 59.6 cm³/mol. The molecular weight excluding hydrogens is 228 g/mol. The Balaban J connectivity index is 3.01. The fourth-order valence-corrected chi connectivity index (χ4v) is 1.45. The maximum absolute atomic E-state index is 13.0. The molecule has 0 spiro atoms. The second-order valence-electron chi connectivity index (χ2n) is 3.95. The number of carboxylic acid groups (broad SMARTS) is 1. The summed E-state index contributed by atoms with van der Waals surface area (Å²) >= 11 is 0. The molecule has 0 heterocycles. The van der Waals surface area contributed by atoms with Gasteiger partial charge in [0.05, 0.1) is 0 Å². The first-order chi connectivity index (χ1) is 7.93. The van der Waals surface area contributed by atoms with E-state index in [1.807, 2.05) is 13.8 Å². The molecule has 0 saturated heterocycles. The molecule has 0 saturated carbocycles. The summed E-state index contributed by atoms with van der Waals surface area (Å²) in [7, 11) is 0. The number of carbonyl (C=O) groups is 1. The number of nitrogens with one attached hydrogen (secondary N) is 1. The second-order valence-corrected chi connectivity index (χ2v) is 3.95. The largest absolute Gasteiger partial charge is 0.480 e. The third kappa shape index (κ3) is 3.78. The van der Waals surface area contributed by atoms with Crippen LogP contribution in [0, 0.1) is 11.6 Å². The number of aliphatic carboxylic acids is 1. The molecule has 0 amide bonds. The number of hydrogen-bond acceptors (Lipinski definition) is 2. The quantitative estimate of drug-likeness (QED) is 0.835. The molecular formula is C12H15F2NO2. The van der Waals surface area contributed by atoms with Gasteiger partial charge in [-0.05, 0) is 31.0 Å². The molecule has 0 bridgehead atoms. The SMILES string of the molecule is CCC(C)NC(C(=O)O)c1cc(F)cc(F)c1. The van der Waals surface area contributed by atoms with Crippen LogP contribution in [-0.2, 0) is 4.79 Å². The van der Waals surface area contributed by atoms with Gasteiger partial charge in [-0.3, -0.25) is 10.1 Å². The van der Waals surface area contributed by atoms with Crippen LogP contribution in [0.4, 0.5) is 8.78 Å². The van der Waals surface area contributed by atoms with E-state index in [1.54, 1.807) is 0 Å². The normalized spacial score (nSPS) is 14.4. The Morgan fingerprint density at radius 1 is 1.35 bits per heavy atom. The number of hydrogen-bond donors (Lipinski definition) is 2. The Bertz CT molecular complexity index is 389. The predicted octanol–water partition coefficient (Wildman–Crippen LogP) is 2.48. The van der Waals surface area contributed by atoms with Gasteiger partial charge in [-0.15, -0.1) is 0 Å². The Kier molecular flexibility index (Phi) is 4.57. The molecule has 0 fully saturated rings. The van der Waals surface area contributed by atoms with Crippen LogP contribution in [0.3, 0.4) is 0 Å². The van der Waals surface area contributed by atoms with Crippen molar-refractivity contribution in [2.24, 2.45) is 0 Å². The van der Waals surface area contributed by atoms with Crippen molar-refractivity contribution in [2.45, 2.75) is 32.4 Å². The van der Waals surface area contributed by atoms with Crippen molar-refractivity contribution in [3.63, 3.8) is 0 Å². The summed E-state index contributed by atoms with van der Waals surface area (Å²) in [6.07, 6.45) is 0.724. The Morgan fingerprint density at radius 3 is 2.29 bits per heavy atom. The maximum atomic E-state index is 13.0. The minimum atomic E-state index is -1.16. The van der Waals surface area contributed by atoms with Crippen LogP contribution in [0.25, 0.3) is 0 Å². The van der Waals surface area contributed by atoms with Gasteiger partial charge in [0.25, 0.3) is 0 Å². The molecule has 2 N–H and O–H groups in total. The molecule has 1 rings (SSSR count). The van der Waals surface area contributed by atoms with E-state index in [4.69, 9.17) is 5.11 Å². The first kappa shape index (κ1) is 13.6. The molecule has 1 aromatic rings. The first-order valence-electron chi connectivity index (χ1n) is 5.39. The summed E-state index contributed by atoms with van der Waals surface area (Å²) in [6.45, 7) is 3.70. The zero-order chi connectivity index (χ0) is 13.0. The van der Waals surface area contributed by atoms with E-state index >= 15 is 0 Å². The van der Waals surface area contributed by atoms with Gasteiger partial charge in [0.2, 0.25) is 0 Å². The van der Waals surface area contributed by atoms with Gasteiger partial charge in [0.1, 0.15) is 17.7 Å². The van der Waals surface area contributed by atoms with Crippen molar-refractivity contribution in [3.05, 3.63) is 35.4 Å². The van der Waals surface area contributed by atoms with Crippen LogP contribution in [0.5, 0.6) is 0 Å². The van der Waals surface area contributed by atoms with E-state index in [2.05, 4.69) is 5.32 Å². The van der Waals surface area contributed by atoms with Crippen LogP contribution in [0.2, 0.25) is 0 Å². The first-order valence-corrected chi connectivity index (χ1v) is 5.39. The highest BCUT2D eigenvalue weighted by molar-refractivity contribution is 5.75. The fourth-order valence-electron chi connectivity index (χ4n) is 1.45. The van der Waals surface area contributed by atoms with Crippen molar-refractivity contribution in [1.29, 1.82) is 0 Å². The summed E-state index contributed by atoms with van der Waals surface area (Å²) in [5.41, 5.74) is 0.0790. The third-order valence-corrected chi connectivity index (χ3v) is 2.53. The highest BCUT2D eigenvalue weighted by atomic mass is 19.1. The van der Waals surface area contributed by atoms with E-state index in [0.29, 0.717) is 6.07 Å². The summed E-state index contributed by atoms with van der Waals surface area (Å²) in [4.78, 5) is 11.1. The zero-order valence-electron chi connectivity index (χ0n) is 9.71. The van der Waals surface area contributed by atoms with Crippen LogP contribution >= 0.6 is 0 Å². The van der Waals surface area contributed by atoms with Crippen LogP contribution in [0.15, 0.2) is 18.2 Å². The van der Waals surface area contributed by atoms with Crippen molar-refractivity contribution in [1.82, 2.24) is 5.32 Å². The molecule has 0 aliphatic heterocycles. The third-order valence-electron chi connectivity index (χ3n) is 2.53. The monoisotopic (exact) mass is 243 g/mol. The molecule has 94 valence electrons. The van der Waals surface area contributed by atoms with Gasteiger partial charge < -0.3 is 5.11 Å². The van der Waals surface area contributed by atoms with Crippen LogP contribution in [0.1, 0.15) is 31.9 Å². The Morgan fingerprint density at radius 2 is 1.88 bits per heavy atom. The molecule has 0 aromatic heterocycles. The second kappa shape index (κ2) is 5.72. The maximum Gasteiger partial charge on any atom is 0.325 e. The number of rotatable bonds is 5. The van der Waals surface area contributed by atoms with E-state index in [0.717, 1.165) is 18.6 Å². The average molecular weight is 243 g/mol. The van der Waals surface area contributed by atoms with Gasteiger partial charge in [-0.25, -0.2) is 8.78 Å². The van der Waals surface area contributed by atoms with Crippen LogP contribution in [-0.4, -0.2) is 17.1 Å². The molecule has 2 unspecified atom stereocenters. The van der Waals surface area contributed by atoms with Crippen molar-refractivity contribution in [3.8, 4) is 0 Å². The smallest absolute Gasteiger partial charge is 0.325 e. The van der Waals surface area contributed by atoms with E-state index in [-0.39, 0.29) is 11.6 Å². The van der Waals surface area contributed by atoms with Gasteiger partial charge in [-0.1, -0.05) is 6.92 Å². The number of carboxylic acids is 1. The highest BCUT2D eigenvalue weighted by Crippen LogP contribution is 2.17. The van der Waals surface area contributed by atoms with Gasteiger partial charge >= 0.3 is 5.97 Å². The van der Waals surface area contributed by atoms with E-state index in [1.165, 1.54) is 0 Å². The van der Waals surface area contributed by atoms with Gasteiger partial charge in [0, 0.05) is 12.1 Å². The van der Waals surface area contributed by atoms with E-state index < -0.39 is 23.6 Å². The topological polar surface area (TPSA) is 49.3 Å². The molecule has 1 aromatic carbocycles. The molecule has 0 aliphatic carbocycles. The van der Waals surface area contributed by atoms with Crippen molar-refractivity contribution in [2.75, 3.05) is 0 Å². The zero-order valence-corrected chi connectivity index (χ0v) is 9.71. The highest BCUT2D eigenvalue weighted by Gasteiger charge is 2.22. The molecule has 0 radical (unpaired) electrons. The number of benzene rings is 1. The standard InChI is InChI=1S/C12H15F2NO2/c1-3-7(2)15-11(12(16)17)8-4-9(13)6-10(14)5-8/h4-7,11,15H,3H2,1-2H3,(H,16,17). The van der Waals surface area contributed by atoms with Crippen LogP contribution < -0.4 is 5.32 Å². The van der Waals surface area contributed by atoms with Crippen molar-refractivity contribution >= 4 is 5.97 Å². The molecule has 17 heavy (non-hydrogen) atoms. The molecule has 2 atom stereocenters. The Labute approximate surface area is 98.5 Å². The summed E-state index contributed by atoms with van der Waals surface area (Å²) in [6, 6.07) is 1.61. The summed E-state index contributed by atoms with van der Waals surface area (Å²) < 4.78 is 26.0. The lowest BCUT2D eigenvalue weighted by Crippen LogP contribution is -2.35. The minimum Gasteiger partial charge on any atom is -0.480 e. The number of halogens is 2. The van der Waals surface area contributed by atoms with E-state index in [9.17, 15) is 13.6 Å². The molecule has 0 aliphatic rings. The van der Waals surface area contributed by atoms with Crippen molar-refractivity contribution < 1.29 is 18.7 Å². The molecule has 5 heteroatoms. The fraction of sp³-hybridized carbons (Fsp3) is 0.417. The Hall–Kier alpha value is -1.49. The van der Waals surface area contributed by atoms with Gasteiger partial charge in [0.15, 0.2) is 0 Å². The minimum absolute atomic E-state index is 0.0533.